The van der Waals surface area contributed by atoms with E-state index in [1.54, 1.807) is 0 Å². The van der Waals surface area contributed by atoms with Gasteiger partial charge in [0.05, 0.1) is 13.1 Å². The van der Waals surface area contributed by atoms with Crippen LogP contribution in [0.5, 0.6) is 0 Å². The number of hydroxylamine groups is 2. The van der Waals surface area contributed by atoms with Crippen molar-refractivity contribution in [2.75, 3.05) is 13.1 Å². The number of unbranched alkanes of at least 4 members (excludes halogenated alkanes) is 14. The first-order chi connectivity index (χ1) is 13.3. The fraction of sp³-hybridized carbons (Fsp3) is 0.760. The first kappa shape index (κ1) is 24.2. The number of hydrogen-bond donors (Lipinski definition) is 1. The van der Waals surface area contributed by atoms with E-state index in [4.69, 9.17) is 0 Å². The highest BCUT2D eigenvalue weighted by Crippen LogP contribution is 2.13. The van der Waals surface area contributed by atoms with E-state index >= 15 is 0 Å². The van der Waals surface area contributed by atoms with Crippen LogP contribution in [0.25, 0.3) is 0 Å². The Morgan fingerprint density at radius 3 is 1.52 bits per heavy atom. The SMILES string of the molecule is CCCCCCCCCCCCCCCCC[NH+]([O-])CCc1ccccc1. The van der Waals surface area contributed by atoms with Crippen molar-refractivity contribution in [3.05, 3.63) is 41.1 Å². The Morgan fingerprint density at radius 1 is 0.593 bits per heavy atom. The maximum atomic E-state index is 12.0. The minimum atomic E-state index is 0.438. The van der Waals surface area contributed by atoms with Gasteiger partial charge in [0, 0.05) is 6.42 Å². The molecule has 1 N–H and O–H groups in total. The molecular formula is C25H45NO. The van der Waals surface area contributed by atoms with Crippen LogP contribution in [0.2, 0.25) is 0 Å². The van der Waals surface area contributed by atoms with Gasteiger partial charge >= 0.3 is 0 Å². The number of benzene rings is 1. The first-order valence-corrected chi connectivity index (χ1v) is 11.9. The van der Waals surface area contributed by atoms with E-state index in [9.17, 15) is 5.21 Å². The molecule has 0 radical (unpaired) electrons. The maximum Gasteiger partial charge on any atom is 0.0809 e. The molecule has 0 aliphatic rings. The Hall–Kier alpha value is -0.860. The van der Waals surface area contributed by atoms with Crippen molar-refractivity contribution in [1.29, 1.82) is 0 Å². The third kappa shape index (κ3) is 15.9. The second kappa shape index (κ2) is 18.5. The van der Waals surface area contributed by atoms with Gasteiger partial charge in [-0.2, -0.15) is 0 Å². The van der Waals surface area contributed by atoms with Gasteiger partial charge in [-0.05, 0) is 18.4 Å². The smallest absolute Gasteiger partial charge is 0.0809 e. The lowest BCUT2D eigenvalue weighted by molar-refractivity contribution is -0.848. The van der Waals surface area contributed by atoms with Crippen LogP contribution in [0.15, 0.2) is 30.3 Å². The van der Waals surface area contributed by atoms with E-state index in [1.807, 2.05) is 6.07 Å². The molecule has 2 heteroatoms. The molecule has 1 atom stereocenters. The molecule has 0 fully saturated rings. The van der Waals surface area contributed by atoms with Gasteiger partial charge in [0.2, 0.25) is 0 Å². The molecule has 0 amide bonds. The lowest BCUT2D eigenvalue weighted by atomic mass is 10.0. The predicted molar refractivity (Wildman–Crippen MR) is 119 cm³/mol. The van der Waals surface area contributed by atoms with Crippen LogP contribution in [0.1, 0.15) is 109 Å². The normalized spacial score (nSPS) is 12.4. The third-order valence-corrected chi connectivity index (χ3v) is 5.59. The lowest BCUT2D eigenvalue weighted by Crippen LogP contribution is -3.07. The minimum Gasteiger partial charge on any atom is -0.634 e. The van der Waals surface area contributed by atoms with Gasteiger partial charge in [-0.15, -0.1) is 0 Å². The van der Waals surface area contributed by atoms with Crippen molar-refractivity contribution in [1.82, 2.24) is 0 Å². The van der Waals surface area contributed by atoms with Gasteiger partial charge < -0.3 is 10.3 Å². The summed E-state index contributed by atoms with van der Waals surface area (Å²) in [6, 6.07) is 10.4. The standard InChI is InChI=1S/C25H45NO/c1-2-3-4-5-6-7-8-9-10-11-12-13-14-15-19-23-26(27)24-22-25-20-17-16-18-21-25/h16-18,20-21,26H,2-15,19,22-24H2,1H3. The van der Waals surface area contributed by atoms with Crippen molar-refractivity contribution >= 4 is 0 Å². The zero-order chi connectivity index (χ0) is 19.4. The molecule has 0 saturated carbocycles. The highest BCUT2D eigenvalue weighted by Gasteiger charge is 2.00. The van der Waals surface area contributed by atoms with Gasteiger partial charge in [0.25, 0.3) is 0 Å². The first-order valence-electron chi connectivity index (χ1n) is 11.9. The zero-order valence-corrected chi connectivity index (χ0v) is 18.0. The number of nitrogens with one attached hydrogen (secondary N) is 1. The van der Waals surface area contributed by atoms with E-state index < -0.39 is 0 Å². The Labute approximate surface area is 169 Å². The van der Waals surface area contributed by atoms with E-state index in [2.05, 4.69) is 31.2 Å². The minimum absolute atomic E-state index is 0.438. The molecule has 0 bridgehead atoms. The summed E-state index contributed by atoms with van der Waals surface area (Å²) in [5.74, 6) is 0. The molecule has 1 unspecified atom stereocenters. The van der Waals surface area contributed by atoms with Crippen molar-refractivity contribution in [3.63, 3.8) is 0 Å². The molecule has 0 saturated heterocycles. The second-order valence-corrected chi connectivity index (χ2v) is 8.22. The summed E-state index contributed by atoms with van der Waals surface area (Å²) < 4.78 is 0. The van der Waals surface area contributed by atoms with E-state index in [0.29, 0.717) is 11.6 Å². The molecule has 2 nitrogen and oxygen atoms in total. The van der Waals surface area contributed by atoms with E-state index in [0.717, 1.165) is 19.4 Å². The monoisotopic (exact) mass is 375 g/mol. The predicted octanol–water partition coefficient (Wildman–Crippen LogP) is 6.48. The Morgan fingerprint density at radius 2 is 1.04 bits per heavy atom. The summed E-state index contributed by atoms with van der Waals surface area (Å²) in [5, 5.41) is 12.4. The van der Waals surface area contributed by atoms with Crippen LogP contribution < -0.4 is 5.06 Å². The molecule has 1 aromatic carbocycles. The lowest BCUT2D eigenvalue weighted by Gasteiger charge is -2.22. The average Bonchev–Trinajstić information content (AvgIpc) is 2.70. The number of quaternary nitrogens is 1. The Bertz CT molecular complexity index is 406. The second-order valence-electron chi connectivity index (χ2n) is 8.22. The van der Waals surface area contributed by atoms with E-state index in [-0.39, 0.29) is 0 Å². The van der Waals surface area contributed by atoms with Crippen LogP contribution in [-0.4, -0.2) is 13.1 Å². The fourth-order valence-electron chi connectivity index (χ4n) is 3.75. The largest absolute Gasteiger partial charge is 0.634 e. The van der Waals surface area contributed by atoms with Crippen molar-refractivity contribution < 1.29 is 5.06 Å². The summed E-state index contributed by atoms with van der Waals surface area (Å²) in [7, 11) is 0. The van der Waals surface area contributed by atoms with Crippen molar-refractivity contribution in [3.8, 4) is 0 Å². The van der Waals surface area contributed by atoms with Crippen LogP contribution in [0, 0.1) is 5.21 Å². The highest BCUT2D eigenvalue weighted by atomic mass is 16.5. The fourth-order valence-corrected chi connectivity index (χ4v) is 3.75. The Balaban J connectivity index is 1.76. The molecule has 1 aromatic rings. The summed E-state index contributed by atoms with van der Waals surface area (Å²) >= 11 is 0. The molecule has 0 aromatic heterocycles. The molecule has 0 heterocycles. The zero-order valence-electron chi connectivity index (χ0n) is 18.0. The van der Waals surface area contributed by atoms with Gasteiger partial charge in [-0.25, -0.2) is 0 Å². The number of rotatable bonds is 19. The van der Waals surface area contributed by atoms with E-state index in [1.165, 1.54) is 95.5 Å². The van der Waals surface area contributed by atoms with Crippen LogP contribution in [-0.2, 0) is 6.42 Å². The van der Waals surface area contributed by atoms with Crippen LogP contribution >= 0.6 is 0 Å². The summed E-state index contributed by atoms with van der Waals surface area (Å²) in [5.41, 5.74) is 1.28. The van der Waals surface area contributed by atoms with Gasteiger partial charge in [0.15, 0.2) is 0 Å². The molecule has 0 spiro atoms. The topological polar surface area (TPSA) is 27.5 Å². The van der Waals surface area contributed by atoms with Gasteiger partial charge in [-0.1, -0.05) is 121 Å². The summed E-state index contributed by atoms with van der Waals surface area (Å²) in [4.78, 5) is 0. The van der Waals surface area contributed by atoms with Gasteiger partial charge in [0.1, 0.15) is 0 Å². The molecule has 0 aliphatic heterocycles. The third-order valence-electron chi connectivity index (χ3n) is 5.59. The maximum absolute atomic E-state index is 12.0. The summed E-state index contributed by atoms with van der Waals surface area (Å²) in [6.45, 7) is 3.78. The van der Waals surface area contributed by atoms with Crippen LogP contribution in [0.4, 0.5) is 0 Å². The van der Waals surface area contributed by atoms with Crippen molar-refractivity contribution in [2.45, 2.75) is 110 Å². The molecule has 0 aliphatic carbocycles. The molecule has 1 rings (SSSR count). The quantitative estimate of drug-likeness (QED) is 0.217. The summed E-state index contributed by atoms with van der Waals surface area (Å²) in [6.07, 6.45) is 21.5. The molecule has 156 valence electrons. The molecular weight excluding hydrogens is 330 g/mol. The van der Waals surface area contributed by atoms with Crippen LogP contribution in [0.3, 0.4) is 0 Å². The average molecular weight is 376 g/mol. The molecule has 27 heavy (non-hydrogen) atoms. The van der Waals surface area contributed by atoms with Crippen molar-refractivity contribution in [2.24, 2.45) is 0 Å². The Kier molecular flexibility index (Phi) is 16.6. The number of hydrogen-bond acceptors (Lipinski definition) is 1. The highest BCUT2D eigenvalue weighted by molar-refractivity contribution is 5.14. The van der Waals surface area contributed by atoms with Gasteiger partial charge in [-0.3, -0.25) is 0 Å².